The van der Waals surface area contributed by atoms with E-state index in [0.29, 0.717) is 6.04 Å². The van der Waals surface area contributed by atoms with Crippen LogP contribution in [0.3, 0.4) is 0 Å². The number of hydrogen-bond acceptors (Lipinski definition) is 5. The number of nitrogens with zero attached hydrogens (tertiary/aromatic N) is 3. The summed E-state index contributed by atoms with van der Waals surface area (Å²) >= 11 is 0. The zero-order valence-electron chi connectivity index (χ0n) is 10.7. The molecular formula is C13H18N6. The van der Waals surface area contributed by atoms with Crippen LogP contribution < -0.4 is 16.0 Å². The Bertz CT molecular complexity index is 516. The maximum atomic E-state index is 5.92. The topological polar surface area (TPSA) is 82.9 Å². The highest BCUT2D eigenvalue weighted by molar-refractivity contribution is 5.58. The van der Waals surface area contributed by atoms with Crippen LogP contribution >= 0.6 is 0 Å². The molecule has 0 aromatic carbocycles. The zero-order valence-corrected chi connectivity index (χ0v) is 10.7. The second kappa shape index (κ2) is 5.27. The van der Waals surface area contributed by atoms with Crippen LogP contribution in [-0.4, -0.2) is 34.1 Å². The molecule has 1 fully saturated rings. The summed E-state index contributed by atoms with van der Waals surface area (Å²) in [5, 5.41) is 3.24. The van der Waals surface area contributed by atoms with Crippen molar-refractivity contribution >= 4 is 17.3 Å². The van der Waals surface area contributed by atoms with E-state index in [4.69, 9.17) is 5.73 Å². The molecule has 6 heteroatoms. The van der Waals surface area contributed by atoms with Crippen molar-refractivity contribution in [1.82, 2.24) is 15.0 Å². The maximum absolute atomic E-state index is 5.92. The predicted octanol–water partition coefficient (Wildman–Crippen LogP) is 1.48. The van der Waals surface area contributed by atoms with E-state index in [9.17, 15) is 0 Å². The number of nitrogens with two attached hydrogens (primary N) is 1. The van der Waals surface area contributed by atoms with Gasteiger partial charge in [0.25, 0.3) is 0 Å². The third kappa shape index (κ3) is 2.85. The van der Waals surface area contributed by atoms with Gasteiger partial charge in [0, 0.05) is 37.6 Å². The van der Waals surface area contributed by atoms with Gasteiger partial charge in [0.2, 0.25) is 0 Å². The fourth-order valence-corrected chi connectivity index (χ4v) is 2.27. The lowest BCUT2D eigenvalue weighted by Crippen LogP contribution is -2.40. The van der Waals surface area contributed by atoms with E-state index < -0.39 is 0 Å². The van der Waals surface area contributed by atoms with Crippen LogP contribution in [0.2, 0.25) is 0 Å². The van der Waals surface area contributed by atoms with Crippen molar-refractivity contribution in [3.8, 4) is 0 Å². The molecule has 100 valence electrons. The van der Waals surface area contributed by atoms with Crippen molar-refractivity contribution in [3.63, 3.8) is 0 Å². The van der Waals surface area contributed by atoms with Gasteiger partial charge in [-0.15, -0.1) is 0 Å². The van der Waals surface area contributed by atoms with Gasteiger partial charge in [0.05, 0.1) is 5.69 Å². The van der Waals surface area contributed by atoms with Crippen molar-refractivity contribution in [2.24, 2.45) is 5.73 Å². The first-order valence-corrected chi connectivity index (χ1v) is 6.53. The summed E-state index contributed by atoms with van der Waals surface area (Å²) in [5.74, 6) is 1.76. The van der Waals surface area contributed by atoms with Gasteiger partial charge < -0.3 is 20.9 Å². The Hall–Kier alpha value is -2.08. The number of aromatic amines is 1. The van der Waals surface area contributed by atoms with E-state index in [-0.39, 0.29) is 0 Å². The number of hydrogen-bond donors (Lipinski definition) is 3. The van der Waals surface area contributed by atoms with E-state index in [1.165, 1.54) is 0 Å². The molecule has 1 saturated heterocycles. The van der Waals surface area contributed by atoms with Crippen LogP contribution in [0.15, 0.2) is 30.9 Å². The van der Waals surface area contributed by atoms with Crippen LogP contribution in [0.5, 0.6) is 0 Å². The monoisotopic (exact) mass is 258 g/mol. The number of anilines is 3. The molecule has 3 heterocycles. The third-order valence-corrected chi connectivity index (χ3v) is 3.39. The minimum atomic E-state index is 0.329. The largest absolute Gasteiger partial charge is 0.366 e. The number of rotatable bonds is 3. The minimum absolute atomic E-state index is 0.329. The molecule has 1 aliphatic heterocycles. The molecule has 0 bridgehead atoms. The summed E-state index contributed by atoms with van der Waals surface area (Å²) in [7, 11) is 0. The Labute approximate surface area is 112 Å². The Morgan fingerprint density at radius 2 is 2.16 bits per heavy atom. The minimum Gasteiger partial charge on any atom is -0.366 e. The summed E-state index contributed by atoms with van der Waals surface area (Å²) in [4.78, 5) is 13.8. The molecule has 3 rings (SSSR count). The van der Waals surface area contributed by atoms with Crippen LogP contribution in [0.25, 0.3) is 0 Å². The lowest BCUT2D eigenvalue weighted by molar-refractivity contribution is 0.498. The Morgan fingerprint density at radius 1 is 1.32 bits per heavy atom. The van der Waals surface area contributed by atoms with Gasteiger partial charge in [-0.25, -0.2) is 9.97 Å². The molecular weight excluding hydrogens is 240 g/mol. The Morgan fingerprint density at radius 3 is 2.89 bits per heavy atom. The molecule has 19 heavy (non-hydrogen) atoms. The van der Waals surface area contributed by atoms with Crippen LogP contribution in [0.4, 0.5) is 17.3 Å². The van der Waals surface area contributed by atoms with Crippen LogP contribution in [0, 0.1) is 0 Å². The van der Waals surface area contributed by atoms with Crippen LogP contribution in [0.1, 0.15) is 12.8 Å². The molecule has 0 spiro atoms. The molecule has 0 atom stereocenters. The van der Waals surface area contributed by atoms with Crippen LogP contribution in [-0.2, 0) is 0 Å². The van der Waals surface area contributed by atoms with E-state index >= 15 is 0 Å². The van der Waals surface area contributed by atoms with Crippen molar-refractivity contribution in [3.05, 3.63) is 30.9 Å². The van der Waals surface area contributed by atoms with Gasteiger partial charge in [0.1, 0.15) is 18.0 Å². The highest BCUT2D eigenvalue weighted by Crippen LogP contribution is 2.20. The second-order valence-corrected chi connectivity index (χ2v) is 4.81. The highest BCUT2D eigenvalue weighted by Gasteiger charge is 2.17. The average Bonchev–Trinajstić information content (AvgIpc) is 2.93. The molecule has 4 N–H and O–H groups in total. The third-order valence-electron chi connectivity index (χ3n) is 3.39. The Balaban J connectivity index is 1.72. The van der Waals surface area contributed by atoms with Gasteiger partial charge >= 0.3 is 0 Å². The number of H-pyrrole nitrogens is 1. The molecule has 0 radical (unpaired) electrons. The molecule has 0 aliphatic carbocycles. The fourth-order valence-electron chi connectivity index (χ4n) is 2.27. The number of nitrogens with one attached hydrogen (secondary N) is 2. The summed E-state index contributed by atoms with van der Waals surface area (Å²) in [6.45, 7) is 1.92. The van der Waals surface area contributed by atoms with Gasteiger partial charge in [0.15, 0.2) is 0 Å². The smallest absolute Gasteiger partial charge is 0.135 e. The van der Waals surface area contributed by atoms with Gasteiger partial charge in [-0.2, -0.15) is 0 Å². The summed E-state index contributed by atoms with van der Waals surface area (Å²) in [5.41, 5.74) is 6.91. The lowest BCUT2D eigenvalue weighted by atomic mass is 10.1. The lowest BCUT2D eigenvalue weighted by Gasteiger charge is -2.31. The second-order valence-electron chi connectivity index (χ2n) is 4.81. The molecule has 0 saturated carbocycles. The van der Waals surface area contributed by atoms with E-state index in [0.717, 1.165) is 43.3 Å². The van der Waals surface area contributed by atoms with Gasteiger partial charge in [-0.1, -0.05) is 0 Å². The molecule has 1 aliphatic rings. The molecule has 2 aromatic heterocycles. The van der Waals surface area contributed by atoms with E-state index in [2.05, 4.69) is 25.2 Å². The van der Waals surface area contributed by atoms with E-state index in [1.54, 1.807) is 6.33 Å². The first-order chi connectivity index (χ1) is 9.31. The molecule has 6 nitrogen and oxygen atoms in total. The Kier molecular flexibility index (Phi) is 3.33. The molecule has 0 unspecified atom stereocenters. The van der Waals surface area contributed by atoms with Crippen molar-refractivity contribution in [1.29, 1.82) is 0 Å². The number of aromatic nitrogens is 3. The van der Waals surface area contributed by atoms with Crippen molar-refractivity contribution in [2.45, 2.75) is 18.9 Å². The summed E-state index contributed by atoms with van der Waals surface area (Å²) in [6.07, 6.45) is 7.39. The first-order valence-electron chi connectivity index (χ1n) is 6.53. The first kappa shape index (κ1) is 12.0. The predicted molar refractivity (Wildman–Crippen MR) is 75.5 cm³/mol. The zero-order chi connectivity index (χ0) is 13.1. The van der Waals surface area contributed by atoms with E-state index in [1.807, 2.05) is 24.5 Å². The maximum Gasteiger partial charge on any atom is 0.135 e. The average molecular weight is 258 g/mol. The summed E-state index contributed by atoms with van der Waals surface area (Å²) in [6, 6.07) is 4.27. The quantitative estimate of drug-likeness (QED) is 0.776. The van der Waals surface area contributed by atoms with Crippen molar-refractivity contribution in [2.75, 3.05) is 23.3 Å². The summed E-state index contributed by atoms with van der Waals surface area (Å²) < 4.78 is 0. The van der Waals surface area contributed by atoms with Gasteiger partial charge in [-0.05, 0) is 18.9 Å². The van der Waals surface area contributed by atoms with Crippen molar-refractivity contribution < 1.29 is 0 Å². The normalized spacial score (nSPS) is 16.6. The molecule has 2 aromatic rings. The fraction of sp³-hybridized carbons (Fsp3) is 0.385. The SMILES string of the molecule is NC1CCN(c2cc(Nc3cc[nH]c3)ncn2)CC1. The highest BCUT2D eigenvalue weighted by atomic mass is 15.2. The molecule has 0 amide bonds. The van der Waals surface area contributed by atoms with Gasteiger partial charge in [-0.3, -0.25) is 0 Å². The number of piperidine rings is 1. The standard InChI is InChI=1S/C13H18N6/c14-10-2-5-19(6-3-10)13-7-12(16-9-17-13)18-11-1-4-15-8-11/h1,4,7-10,15H,2-3,5-6,14H2,(H,16,17,18).